The normalized spacial score (nSPS) is 10.9. The van der Waals surface area contributed by atoms with Crippen LogP contribution in [0.3, 0.4) is 0 Å². The lowest BCUT2D eigenvalue weighted by Crippen LogP contribution is -2.28. The lowest BCUT2D eigenvalue weighted by Gasteiger charge is -2.19. The van der Waals surface area contributed by atoms with Gasteiger partial charge in [0.25, 0.3) is 0 Å². The predicted molar refractivity (Wildman–Crippen MR) is 75.3 cm³/mol. The summed E-state index contributed by atoms with van der Waals surface area (Å²) in [6, 6.07) is 1.28. The average molecular weight is 301 g/mol. The Kier molecular flexibility index (Phi) is 5.15. The molecule has 1 amide bonds. The molecular formula is C11H16BNO6S. The fourth-order valence-electron chi connectivity index (χ4n) is 1.29. The Morgan fingerprint density at radius 3 is 2.40 bits per heavy atom. The van der Waals surface area contributed by atoms with Gasteiger partial charge in [0.1, 0.15) is 10.5 Å². The summed E-state index contributed by atoms with van der Waals surface area (Å²) in [6.45, 7) is 5.10. The van der Waals surface area contributed by atoms with Gasteiger partial charge in [0.2, 0.25) is 0 Å². The number of hydrogen-bond acceptors (Lipinski definition) is 7. The summed E-state index contributed by atoms with van der Waals surface area (Å²) in [6.07, 6.45) is -0.751. The molecule has 3 N–H and O–H groups in total. The van der Waals surface area contributed by atoms with Gasteiger partial charge in [0.05, 0.1) is 12.8 Å². The zero-order valence-corrected chi connectivity index (χ0v) is 12.4. The lowest BCUT2D eigenvalue weighted by atomic mass is 9.89. The van der Waals surface area contributed by atoms with E-state index in [0.717, 1.165) is 11.3 Å². The Hall–Kier alpha value is -1.58. The molecule has 1 aromatic rings. The zero-order chi connectivity index (χ0) is 15.5. The second kappa shape index (κ2) is 6.25. The van der Waals surface area contributed by atoms with Gasteiger partial charge in [0.15, 0.2) is 0 Å². The van der Waals surface area contributed by atoms with Crippen molar-refractivity contribution in [3.05, 3.63) is 10.9 Å². The SMILES string of the molecule is COC(=O)c1sc(B(O)O)cc1NC(=O)OC(C)(C)C. The molecule has 1 rings (SSSR count). The Morgan fingerprint density at radius 2 is 1.95 bits per heavy atom. The first kappa shape index (κ1) is 16.5. The maximum atomic E-state index is 11.7. The van der Waals surface area contributed by atoms with E-state index in [9.17, 15) is 9.59 Å². The second-order valence-corrected chi connectivity index (χ2v) is 5.97. The fraction of sp³-hybridized carbons (Fsp3) is 0.455. The first-order valence-corrected chi connectivity index (χ1v) is 6.54. The van der Waals surface area contributed by atoms with Gasteiger partial charge in [-0.25, -0.2) is 9.59 Å². The number of carbonyl (C=O) groups excluding carboxylic acids is 2. The van der Waals surface area contributed by atoms with Gasteiger partial charge in [-0.15, -0.1) is 11.3 Å². The first-order chi connectivity index (χ1) is 9.14. The monoisotopic (exact) mass is 301 g/mol. The molecule has 0 bridgehead atoms. The summed E-state index contributed by atoms with van der Waals surface area (Å²) in [5, 5.41) is 20.6. The predicted octanol–water partition coefficient (Wildman–Crippen LogP) is 0.561. The molecule has 7 nitrogen and oxygen atoms in total. The number of nitrogens with one attached hydrogen (secondary N) is 1. The van der Waals surface area contributed by atoms with Crippen molar-refractivity contribution >= 4 is 41.0 Å². The molecule has 0 radical (unpaired) electrons. The molecule has 0 fully saturated rings. The van der Waals surface area contributed by atoms with Crippen LogP contribution in [0, 0.1) is 0 Å². The van der Waals surface area contributed by atoms with E-state index in [1.807, 2.05) is 0 Å². The van der Waals surface area contributed by atoms with Crippen molar-refractivity contribution in [2.45, 2.75) is 26.4 Å². The number of ether oxygens (including phenoxy) is 2. The highest BCUT2D eigenvalue weighted by Gasteiger charge is 2.25. The van der Waals surface area contributed by atoms with Crippen molar-refractivity contribution in [1.82, 2.24) is 0 Å². The quantitative estimate of drug-likeness (QED) is 0.556. The van der Waals surface area contributed by atoms with E-state index in [1.54, 1.807) is 20.8 Å². The Labute approximate surface area is 120 Å². The molecule has 0 aromatic carbocycles. The van der Waals surface area contributed by atoms with Crippen LogP contribution in [0.4, 0.5) is 10.5 Å². The van der Waals surface area contributed by atoms with Crippen molar-refractivity contribution in [1.29, 1.82) is 0 Å². The van der Waals surface area contributed by atoms with Crippen LogP contribution in [0.1, 0.15) is 30.4 Å². The average Bonchev–Trinajstić information content (AvgIpc) is 2.69. The van der Waals surface area contributed by atoms with Crippen LogP contribution < -0.4 is 10.1 Å². The third kappa shape index (κ3) is 4.51. The molecule has 0 atom stereocenters. The standard InChI is InChI=1S/C11H16BNO6S/c1-11(2,3)19-10(15)13-6-5-7(12(16)17)20-8(6)9(14)18-4/h5,16-17H,1-4H3,(H,13,15). The highest BCUT2D eigenvalue weighted by molar-refractivity contribution is 7.24. The van der Waals surface area contributed by atoms with Crippen LogP contribution in [0.5, 0.6) is 0 Å². The number of methoxy groups -OCH3 is 1. The van der Waals surface area contributed by atoms with E-state index in [0.29, 0.717) is 0 Å². The molecule has 0 saturated heterocycles. The molecular weight excluding hydrogens is 285 g/mol. The molecule has 0 aliphatic carbocycles. The summed E-state index contributed by atoms with van der Waals surface area (Å²) in [7, 11) is -0.549. The minimum atomic E-state index is -1.74. The van der Waals surface area contributed by atoms with E-state index in [2.05, 4.69) is 10.1 Å². The third-order valence-electron chi connectivity index (χ3n) is 2.01. The summed E-state index contributed by atoms with van der Waals surface area (Å²) >= 11 is 0.815. The van der Waals surface area contributed by atoms with E-state index >= 15 is 0 Å². The van der Waals surface area contributed by atoms with E-state index in [-0.39, 0.29) is 15.3 Å². The number of hydrogen-bond donors (Lipinski definition) is 3. The summed E-state index contributed by atoms with van der Waals surface area (Å²) in [5.74, 6) is -0.687. The third-order valence-corrected chi connectivity index (χ3v) is 3.17. The van der Waals surface area contributed by atoms with Crippen LogP contribution >= 0.6 is 11.3 Å². The molecule has 20 heavy (non-hydrogen) atoms. The van der Waals surface area contributed by atoms with Crippen LogP contribution in [-0.2, 0) is 9.47 Å². The smallest absolute Gasteiger partial charge is 0.465 e. The van der Waals surface area contributed by atoms with Gasteiger partial charge in [-0.2, -0.15) is 0 Å². The Balaban J connectivity index is 2.98. The molecule has 1 heterocycles. The molecule has 0 saturated carbocycles. The van der Waals surface area contributed by atoms with Crippen LogP contribution in [0.15, 0.2) is 6.07 Å². The van der Waals surface area contributed by atoms with E-state index < -0.39 is 24.8 Å². The van der Waals surface area contributed by atoms with Gasteiger partial charge in [-0.3, -0.25) is 5.32 Å². The van der Waals surface area contributed by atoms with Crippen molar-refractivity contribution in [2.24, 2.45) is 0 Å². The first-order valence-electron chi connectivity index (χ1n) is 5.72. The number of thiophene rings is 1. The van der Waals surface area contributed by atoms with Gasteiger partial charge in [-0.05, 0) is 26.8 Å². The van der Waals surface area contributed by atoms with E-state index in [4.69, 9.17) is 14.8 Å². The topological polar surface area (TPSA) is 105 Å². The molecule has 0 unspecified atom stereocenters. The molecule has 9 heteroatoms. The molecule has 0 spiro atoms. The van der Waals surface area contributed by atoms with Crippen LogP contribution in [0.25, 0.3) is 0 Å². The maximum Gasteiger partial charge on any atom is 0.499 e. The van der Waals surface area contributed by atoms with Crippen molar-refractivity contribution in [3.63, 3.8) is 0 Å². The Morgan fingerprint density at radius 1 is 1.35 bits per heavy atom. The molecule has 0 aliphatic rings. The van der Waals surface area contributed by atoms with Gasteiger partial charge in [-0.1, -0.05) is 0 Å². The second-order valence-electron chi connectivity index (χ2n) is 4.88. The fourth-order valence-corrected chi connectivity index (χ4v) is 2.19. The summed E-state index contributed by atoms with van der Waals surface area (Å²) in [5.41, 5.74) is -0.579. The lowest BCUT2D eigenvalue weighted by molar-refractivity contribution is 0.0607. The van der Waals surface area contributed by atoms with Gasteiger partial charge in [0, 0.05) is 4.78 Å². The van der Waals surface area contributed by atoms with Crippen molar-refractivity contribution < 1.29 is 29.1 Å². The summed E-state index contributed by atoms with van der Waals surface area (Å²) < 4.78 is 9.73. The van der Waals surface area contributed by atoms with Crippen LogP contribution in [0.2, 0.25) is 0 Å². The minimum absolute atomic E-state index is 0.0569. The van der Waals surface area contributed by atoms with Gasteiger partial charge < -0.3 is 19.5 Å². The minimum Gasteiger partial charge on any atom is -0.465 e. The number of anilines is 1. The van der Waals surface area contributed by atoms with Crippen molar-refractivity contribution in [2.75, 3.05) is 12.4 Å². The highest BCUT2D eigenvalue weighted by Crippen LogP contribution is 2.22. The number of esters is 1. The largest absolute Gasteiger partial charge is 0.499 e. The molecule has 1 aromatic heterocycles. The maximum absolute atomic E-state index is 11.7. The van der Waals surface area contributed by atoms with E-state index in [1.165, 1.54) is 13.2 Å². The Bertz CT molecular complexity index is 508. The highest BCUT2D eigenvalue weighted by atomic mass is 32.1. The molecule has 110 valence electrons. The summed E-state index contributed by atoms with van der Waals surface area (Å²) in [4.78, 5) is 23.3. The molecule has 0 aliphatic heterocycles. The van der Waals surface area contributed by atoms with Crippen LogP contribution in [-0.4, -0.2) is 41.9 Å². The number of amides is 1. The number of rotatable bonds is 3. The number of carbonyl (C=O) groups is 2. The van der Waals surface area contributed by atoms with Gasteiger partial charge >= 0.3 is 19.2 Å². The zero-order valence-electron chi connectivity index (χ0n) is 11.6. The van der Waals surface area contributed by atoms with Crippen molar-refractivity contribution in [3.8, 4) is 0 Å².